The lowest BCUT2D eigenvalue weighted by atomic mass is 10.2. The van der Waals surface area contributed by atoms with E-state index in [1.54, 1.807) is 7.11 Å². The number of rotatable bonds is 5. The van der Waals surface area contributed by atoms with Crippen LogP contribution in [0.4, 0.5) is 15.8 Å². The van der Waals surface area contributed by atoms with Gasteiger partial charge in [-0.05, 0) is 12.5 Å². The number of hydrogen-bond acceptors (Lipinski definition) is 3. The van der Waals surface area contributed by atoms with Crippen LogP contribution in [0.5, 0.6) is 0 Å². The fourth-order valence-corrected chi connectivity index (χ4v) is 1.53. The summed E-state index contributed by atoms with van der Waals surface area (Å²) >= 11 is 5.69. The second-order valence-electron chi connectivity index (χ2n) is 3.56. The molecular weight excluding hydrogens is 231 g/mol. The van der Waals surface area contributed by atoms with Crippen LogP contribution in [0, 0.1) is 5.82 Å². The van der Waals surface area contributed by atoms with Crippen LogP contribution in [0.25, 0.3) is 0 Å². The molecule has 0 bridgehead atoms. The molecule has 0 aliphatic carbocycles. The van der Waals surface area contributed by atoms with Crippen LogP contribution in [-0.2, 0) is 4.74 Å². The molecule has 0 aliphatic rings. The molecule has 0 saturated carbocycles. The zero-order valence-electron chi connectivity index (χ0n) is 9.39. The Morgan fingerprint density at radius 3 is 2.81 bits per heavy atom. The highest BCUT2D eigenvalue weighted by Crippen LogP contribution is 2.27. The van der Waals surface area contributed by atoms with Crippen LogP contribution < -0.4 is 11.1 Å². The Kier molecular flexibility index (Phi) is 4.83. The van der Waals surface area contributed by atoms with E-state index < -0.39 is 5.82 Å². The molecule has 16 heavy (non-hydrogen) atoms. The highest BCUT2D eigenvalue weighted by Gasteiger charge is 2.10. The molecule has 5 heteroatoms. The number of methoxy groups -OCH3 is 1. The van der Waals surface area contributed by atoms with E-state index >= 15 is 0 Å². The normalized spacial score (nSPS) is 12.5. The molecular formula is C11H16ClFN2O. The number of hydrogen-bond donors (Lipinski definition) is 2. The minimum Gasteiger partial charge on any atom is -0.397 e. The van der Waals surface area contributed by atoms with E-state index in [0.717, 1.165) is 6.42 Å². The Hall–Kier alpha value is -1.00. The molecule has 1 rings (SSSR count). The minimum atomic E-state index is -0.510. The maximum Gasteiger partial charge on any atom is 0.143 e. The summed E-state index contributed by atoms with van der Waals surface area (Å²) in [6, 6.07) is 2.84. The first kappa shape index (κ1) is 13.1. The van der Waals surface area contributed by atoms with E-state index in [-0.39, 0.29) is 11.1 Å². The molecule has 0 spiro atoms. The van der Waals surface area contributed by atoms with Crippen molar-refractivity contribution < 1.29 is 9.13 Å². The van der Waals surface area contributed by atoms with Crippen molar-refractivity contribution in [2.75, 3.05) is 24.8 Å². The molecule has 0 fully saturated rings. The average Bonchev–Trinajstić information content (AvgIpc) is 2.25. The zero-order chi connectivity index (χ0) is 12.1. The van der Waals surface area contributed by atoms with Crippen molar-refractivity contribution in [1.82, 2.24) is 0 Å². The van der Waals surface area contributed by atoms with Crippen molar-refractivity contribution in [3.63, 3.8) is 0 Å². The smallest absolute Gasteiger partial charge is 0.143 e. The van der Waals surface area contributed by atoms with E-state index in [1.165, 1.54) is 12.1 Å². The second kappa shape index (κ2) is 5.92. The predicted molar refractivity (Wildman–Crippen MR) is 65.4 cm³/mol. The third-order valence-electron chi connectivity index (χ3n) is 2.31. The van der Waals surface area contributed by atoms with Crippen LogP contribution in [-0.4, -0.2) is 19.8 Å². The Morgan fingerprint density at radius 2 is 2.25 bits per heavy atom. The molecule has 3 nitrogen and oxygen atoms in total. The summed E-state index contributed by atoms with van der Waals surface area (Å²) in [5, 5.41) is 3.22. The summed E-state index contributed by atoms with van der Waals surface area (Å²) in [4.78, 5) is 0. The van der Waals surface area contributed by atoms with E-state index in [4.69, 9.17) is 22.1 Å². The van der Waals surface area contributed by atoms with Gasteiger partial charge in [0.05, 0.1) is 23.0 Å². The molecule has 1 aromatic rings. The van der Waals surface area contributed by atoms with Gasteiger partial charge < -0.3 is 15.8 Å². The highest BCUT2D eigenvalue weighted by atomic mass is 35.5. The summed E-state index contributed by atoms with van der Waals surface area (Å²) in [5.41, 5.74) is 6.67. The first-order chi connectivity index (χ1) is 7.58. The second-order valence-corrected chi connectivity index (χ2v) is 3.97. The van der Waals surface area contributed by atoms with Gasteiger partial charge in [0.2, 0.25) is 0 Å². The van der Waals surface area contributed by atoms with Crippen molar-refractivity contribution in [2.24, 2.45) is 0 Å². The number of benzene rings is 1. The molecule has 1 unspecified atom stereocenters. The lowest BCUT2D eigenvalue weighted by Crippen LogP contribution is -2.24. The Balaban J connectivity index is 2.83. The fourth-order valence-electron chi connectivity index (χ4n) is 1.37. The van der Waals surface area contributed by atoms with Gasteiger partial charge in [0.1, 0.15) is 5.82 Å². The summed E-state index contributed by atoms with van der Waals surface area (Å²) < 4.78 is 18.1. The molecule has 0 aromatic heterocycles. The standard InChI is InChI=1S/C11H16ClFN2O/c1-3-7(6-16-2)15-11-4-8(12)9(13)5-10(11)14/h4-5,7,15H,3,6,14H2,1-2H3. The molecule has 1 aromatic carbocycles. The Bertz CT molecular complexity index is 360. The summed E-state index contributed by atoms with van der Waals surface area (Å²) in [7, 11) is 1.63. The minimum absolute atomic E-state index is 0.0592. The number of nitrogens with one attached hydrogen (secondary N) is 1. The van der Waals surface area contributed by atoms with Crippen molar-refractivity contribution in [3.05, 3.63) is 23.0 Å². The fraction of sp³-hybridized carbons (Fsp3) is 0.455. The quantitative estimate of drug-likeness (QED) is 0.786. The molecule has 0 amide bonds. The van der Waals surface area contributed by atoms with Gasteiger partial charge in [-0.2, -0.15) is 0 Å². The summed E-state index contributed by atoms with van der Waals surface area (Å²) in [6.07, 6.45) is 0.877. The third-order valence-corrected chi connectivity index (χ3v) is 2.60. The van der Waals surface area contributed by atoms with Gasteiger partial charge in [-0.3, -0.25) is 0 Å². The Morgan fingerprint density at radius 1 is 1.56 bits per heavy atom. The van der Waals surface area contributed by atoms with Gasteiger partial charge in [-0.15, -0.1) is 0 Å². The van der Waals surface area contributed by atoms with Gasteiger partial charge in [0.25, 0.3) is 0 Å². The van der Waals surface area contributed by atoms with Crippen molar-refractivity contribution >= 4 is 23.0 Å². The topological polar surface area (TPSA) is 47.3 Å². The van der Waals surface area contributed by atoms with E-state index in [0.29, 0.717) is 18.0 Å². The van der Waals surface area contributed by atoms with E-state index in [9.17, 15) is 4.39 Å². The van der Waals surface area contributed by atoms with Crippen LogP contribution in [0.2, 0.25) is 5.02 Å². The molecule has 0 aliphatic heterocycles. The maximum atomic E-state index is 13.1. The SMILES string of the molecule is CCC(COC)Nc1cc(Cl)c(F)cc1N. The summed E-state index contributed by atoms with van der Waals surface area (Å²) in [5.74, 6) is -0.510. The molecule has 1 atom stereocenters. The number of halogens is 2. The maximum absolute atomic E-state index is 13.1. The predicted octanol–water partition coefficient (Wildman–Crippen LogP) is 2.90. The van der Waals surface area contributed by atoms with Crippen LogP contribution in [0.3, 0.4) is 0 Å². The van der Waals surface area contributed by atoms with Gasteiger partial charge in [-0.1, -0.05) is 18.5 Å². The van der Waals surface area contributed by atoms with Gasteiger partial charge in [0.15, 0.2) is 0 Å². The van der Waals surface area contributed by atoms with Crippen LogP contribution in [0.1, 0.15) is 13.3 Å². The van der Waals surface area contributed by atoms with Gasteiger partial charge >= 0.3 is 0 Å². The van der Waals surface area contributed by atoms with Gasteiger partial charge in [0, 0.05) is 19.2 Å². The number of ether oxygens (including phenoxy) is 1. The van der Waals surface area contributed by atoms with Gasteiger partial charge in [-0.25, -0.2) is 4.39 Å². The third kappa shape index (κ3) is 3.25. The lowest BCUT2D eigenvalue weighted by molar-refractivity contribution is 0.184. The van der Waals surface area contributed by atoms with Crippen LogP contribution >= 0.6 is 11.6 Å². The highest BCUT2D eigenvalue weighted by molar-refractivity contribution is 6.31. The number of anilines is 2. The first-order valence-corrected chi connectivity index (χ1v) is 5.46. The molecule has 0 heterocycles. The van der Waals surface area contributed by atoms with Crippen molar-refractivity contribution in [1.29, 1.82) is 0 Å². The number of nitrogen functional groups attached to an aromatic ring is 1. The van der Waals surface area contributed by atoms with E-state index in [2.05, 4.69) is 5.32 Å². The zero-order valence-corrected chi connectivity index (χ0v) is 10.1. The average molecular weight is 247 g/mol. The molecule has 0 radical (unpaired) electrons. The van der Waals surface area contributed by atoms with Crippen molar-refractivity contribution in [3.8, 4) is 0 Å². The van der Waals surface area contributed by atoms with Crippen LogP contribution in [0.15, 0.2) is 12.1 Å². The first-order valence-electron chi connectivity index (χ1n) is 5.08. The van der Waals surface area contributed by atoms with E-state index in [1.807, 2.05) is 6.92 Å². The summed E-state index contributed by atoms with van der Waals surface area (Å²) in [6.45, 7) is 2.59. The Labute approximate surface area is 99.7 Å². The van der Waals surface area contributed by atoms with Crippen molar-refractivity contribution in [2.45, 2.75) is 19.4 Å². The lowest BCUT2D eigenvalue weighted by Gasteiger charge is -2.18. The largest absolute Gasteiger partial charge is 0.397 e. The molecule has 90 valence electrons. The molecule has 3 N–H and O–H groups in total. The molecule has 0 saturated heterocycles. The monoisotopic (exact) mass is 246 g/mol. The number of nitrogens with two attached hydrogens (primary N) is 1.